The SMILES string of the molecule is Br.Br.Cc1[nH]cnc1CSCCCN. The van der Waals surface area contributed by atoms with Crippen LogP contribution in [-0.4, -0.2) is 22.3 Å². The first-order valence-corrected chi connectivity index (χ1v) is 5.26. The molecule has 0 unspecified atom stereocenters. The van der Waals surface area contributed by atoms with E-state index in [0.717, 1.165) is 30.2 Å². The molecule has 1 heterocycles. The standard InChI is InChI=1S/C8H15N3S.2BrH/c1-7-8(11-6-10-7)5-12-4-2-3-9;;/h6H,2-5,9H2,1H3,(H,10,11);2*1H. The van der Waals surface area contributed by atoms with Crippen molar-refractivity contribution in [2.24, 2.45) is 5.73 Å². The Morgan fingerprint density at radius 1 is 1.50 bits per heavy atom. The minimum absolute atomic E-state index is 0. The van der Waals surface area contributed by atoms with Crippen LogP contribution in [0, 0.1) is 6.92 Å². The molecule has 1 rings (SSSR count). The molecule has 1 aromatic heterocycles. The van der Waals surface area contributed by atoms with Crippen LogP contribution in [0.4, 0.5) is 0 Å². The third-order valence-electron chi connectivity index (χ3n) is 1.67. The van der Waals surface area contributed by atoms with Crippen molar-refractivity contribution >= 4 is 45.7 Å². The fourth-order valence-corrected chi connectivity index (χ4v) is 1.89. The quantitative estimate of drug-likeness (QED) is 0.805. The molecule has 3 N–H and O–H groups in total. The highest BCUT2D eigenvalue weighted by Gasteiger charge is 1.99. The molecule has 0 aliphatic heterocycles. The highest BCUT2D eigenvalue weighted by Crippen LogP contribution is 2.12. The zero-order valence-electron chi connectivity index (χ0n) is 8.16. The second-order valence-corrected chi connectivity index (χ2v) is 3.77. The summed E-state index contributed by atoms with van der Waals surface area (Å²) in [6, 6.07) is 0. The van der Waals surface area contributed by atoms with Crippen molar-refractivity contribution in [2.45, 2.75) is 19.1 Å². The number of H-pyrrole nitrogens is 1. The van der Waals surface area contributed by atoms with Crippen molar-refractivity contribution in [1.82, 2.24) is 9.97 Å². The van der Waals surface area contributed by atoms with Gasteiger partial charge in [0, 0.05) is 11.4 Å². The summed E-state index contributed by atoms with van der Waals surface area (Å²) >= 11 is 1.89. The number of nitrogens with zero attached hydrogens (tertiary/aromatic N) is 1. The van der Waals surface area contributed by atoms with Crippen LogP contribution in [0.5, 0.6) is 0 Å². The topological polar surface area (TPSA) is 54.7 Å². The summed E-state index contributed by atoms with van der Waals surface area (Å²) in [5.74, 6) is 2.12. The van der Waals surface area contributed by atoms with Crippen molar-refractivity contribution in [3.8, 4) is 0 Å². The molecule has 14 heavy (non-hydrogen) atoms. The molecule has 0 atom stereocenters. The van der Waals surface area contributed by atoms with Gasteiger partial charge in [0.25, 0.3) is 0 Å². The first kappa shape index (κ1) is 16.9. The molecule has 0 aliphatic carbocycles. The van der Waals surface area contributed by atoms with Gasteiger partial charge in [0.15, 0.2) is 0 Å². The average Bonchev–Trinajstić information content (AvgIpc) is 2.46. The number of rotatable bonds is 5. The second kappa shape index (κ2) is 10.0. The maximum atomic E-state index is 5.38. The number of thioether (sulfide) groups is 1. The summed E-state index contributed by atoms with van der Waals surface area (Å²) in [5.41, 5.74) is 7.72. The van der Waals surface area contributed by atoms with E-state index < -0.39 is 0 Å². The molecular formula is C8H17Br2N3S. The number of aromatic amines is 1. The van der Waals surface area contributed by atoms with Crippen LogP contribution in [0.15, 0.2) is 6.33 Å². The Kier molecular flexibility index (Phi) is 12.1. The highest BCUT2D eigenvalue weighted by molar-refractivity contribution is 8.93. The largest absolute Gasteiger partial charge is 0.348 e. The molecule has 6 heteroatoms. The molecule has 0 spiro atoms. The molecule has 3 nitrogen and oxygen atoms in total. The normalized spacial score (nSPS) is 9.00. The van der Waals surface area contributed by atoms with Crippen LogP contribution in [-0.2, 0) is 5.75 Å². The van der Waals surface area contributed by atoms with Crippen LogP contribution in [0.25, 0.3) is 0 Å². The zero-order chi connectivity index (χ0) is 8.81. The van der Waals surface area contributed by atoms with E-state index >= 15 is 0 Å². The number of imidazole rings is 1. The van der Waals surface area contributed by atoms with Gasteiger partial charge in [-0.15, -0.1) is 34.0 Å². The number of halogens is 2. The Morgan fingerprint density at radius 3 is 2.71 bits per heavy atom. The monoisotopic (exact) mass is 345 g/mol. The van der Waals surface area contributed by atoms with E-state index in [0.29, 0.717) is 0 Å². The van der Waals surface area contributed by atoms with Gasteiger partial charge in [-0.2, -0.15) is 11.8 Å². The lowest BCUT2D eigenvalue weighted by Gasteiger charge is -1.97. The van der Waals surface area contributed by atoms with Gasteiger partial charge < -0.3 is 10.7 Å². The molecule has 0 aromatic carbocycles. The van der Waals surface area contributed by atoms with E-state index in [1.54, 1.807) is 6.33 Å². The van der Waals surface area contributed by atoms with Gasteiger partial charge in [0.2, 0.25) is 0 Å². The molecule has 84 valence electrons. The third-order valence-corrected chi connectivity index (χ3v) is 2.72. The number of aryl methyl sites for hydroxylation is 1. The van der Waals surface area contributed by atoms with Crippen LogP contribution in [0.3, 0.4) is 0 Å². The Bertz CT molecular complexity index is 230. The van der Waals surface area contributed by atoms with Gasteiger partial charge in [-0.1, -0.05) is 0 Å². The predicted octanol–water partition coefficient (Wildman–Crippen LogP) is 2.46. The van der Waals surface area contributed by atoms with Crippen LogP contribution < -0.4 is 5.73 Å². The van der Waals surface area contributed by atoms with E-state index in [9.17, 15) is 0 Å². The van der Waals surface area contributed by atoms with Gasteiger partial charge in [-0.3, -0.25) is 0 Å². The third kappa shape index (κ3) is 6.06. The van der Waals surface area contributed by atoms with Gasteiger partial charge >= 0.3 is 0 Å². The van der Waals surface area contributed by atoms with Crippen molar-refractivity contribution in [2.75, 3.05) is 12.3 Å². The first-order valence-electron chi connectivity index (χ1n) is 4.11. The summed E-state index contributed by atoms with van der Waals surface area (Å²) < 4.78 is 0. The van der Waals surface area contributed by atoms with Gasteiger partial charge in [-0.05, 0) is 25.6 Å². The Balaban J connectivity index is 0. The smallest absolute Gasteiger partial charge is 0.0925 e. The summed E-state index contributed by atoms with van der Waals surface area (Å²) in [4.78, 5) is 7.27. The lowest BCUT2D eigenvalue weighted by atomic mass is 10.4. The molecule has 0 fully saturated rings. The van der Waals surface area contributed by atoms with E-state index in [-0.39, 0.29) is 34.0 Å². The van der Waals surface area contributed by atoms with Gasteiger partial charge in [0.05, 0.1) is 12.0 Å². The maximum absolute atomic E-state index is 5.38. The van der Waals surface area contributed by atoms with Gasteiger partial charge in [0.1, 0.15) is 0 Å². The molecule has 1 aromatic rings. The molecule has 0 saturated heterocycles. The summed E-state index contributed by atoms with van der Waals surface area (Å²) in [6.07, 6.45) is 2.84. The Hall–Kier alpha value is 0.480. The molecule has 0 amide bonds. The fourth-order valence-electron chi connectivity index (χ4n) is 0.887. The van der Waals surface area contributed by atoms with Crippen LogP contribution >= 0.6 is 45.7 Å². The Morgan fingerprint density at radius 2 is 2.21 bits per heavy atom. The van der Waals surface area contributed by atoms with Crippen molar-refractivity contribution in [3.63, 3.8) is 0 Å². The van der Waals surface area contributed by atoms with E-state index in [1.165, 1.54) is 5.69 Å². The minimum atomic E-state index is 0. The van der Waals surface area contributed by atoms with E-state index in [4.69, 9.17) is 5.73 Å². The summed E-state index contributed by atoms with van der Waals surface area (Å²) in [7, 11) is 0. The number of hydrogen-bond donors (Lipinski definition) is 2. The zero-order valence-corrected chi connectivity index (χ0v) is 12.4. The van der Waals surface area contributed by atoms with Crippen molar-refractivity contribution in [1.29, 1.82) is 0 Å². The van der Waals surface area contributed by atoms with E-state index in [1.807, 2.05) is 18.7 Å². The lowest BCUT2D eigenvalue weighted by molar-refractivity contribution is 0.942. The fraction of sp³-hybridized carbons (Fsp3) is 0.625. The van der Waals surface area contributed by atoms with Crippen molar-refractivity contribution in [3.05, 3.63) is 17.7 Å². The molecule has 0 bridgehead atoms. The molecule has 0 saturated carbocycles. The minimum Gasteiger partial charge on any atom is -0.348 e. The van der Waals surface area contributed by atoms with Crippen LogP contribution in [0.2, 0.25) is 0 Å². The Labute approximate surface area is 110 Å². The number of nitrogens with two attached hydrogens (primary N) is 1. The first-order chi connectivity index (χ1) is 5.84. The van der Waals surface area contributed by atoms with E-state index in [2.05, 4.69) is 9.97 Å². The van der Waals surface area contributed by atoms with Gasteiger partial charge in [-0.25, -0.2) is 4.98 Å². The second-order valence-electron chi connectivity index (χ2n) is 2.67. The van der Waals surface area contributed by atoms with Crippen LogP contribution in [0.1, 0.15) is 17.8 Å². The number of aromatic nitrogens is 2. The predicted molar refractivity (Wildman–Crippen MR) is 73.8 cm³/mol. The maximum Gasteiger partial charge on any atom is 0.0925 e. The molecular weight excluding hydrogens is 330 g/mol. The highest BCUT2D eigenvalue weighted by atomic mass is 79.9. The molecule has 0 radical (unpaired) electrons. The summed E-state index contributed by atoms with van der Waals surface area (Å²) in [6.45, 7) is 2.83. The lowest BCUT2D eigenvalue weighted by Crippen LogP contribution is -1.99. The van der Waals surface area contributed by atoms with Crippen molar-refractivity contribution < 1.29 is 0 Å². The summed E-state index contributed by atoms with van der Waals surface area (Å²) in [5, 5.41) is 0. The average molecular weight is 347 g/mol. The number of nitrogens with one attached hydrogen (secondary N) is 1. The number of hydrogen-bond acceptors (Lipinski definition) is 3. The molecule has 0 aliphatic rings.